The van der Waals surface area contributed by atoms with Gasteiger partial charge in [-0.25, -0.2) is 0 Å². The monoisotopic (exact) mass is 441 g/mol. The number of methoxy groups -OCH3 is 1. The van der Waals surface area contributed by atoms with Gasteiger partial charge in [0.2, 0.25) is 11.8 Å². The first-order chi connectivity index (χ1) is 15.0. The lowest BCUT2D eigenvalue weighted by molar-refractivity contribution is -0.137. The maximum Gasteiger partial charge on any atom is 0.253 e. The molecule has 2 saturated heterocycles. The first-order valence-corrected chi connectivity index (χ1v) is 10.6. The number of rotatable bonds is 4. The number of benzene rings is 2. The van der Waals surface area contributed by atoms with Crippen LogP contribution in [0.1, 0.15) is 16.8 Å². The molecule has 2 aromatic carbocycles. The van der Waals surface area contributed by atoms with Crippen LogP contribution in [0.2, 0.25) is 5.02 Å². The molecule has 31 heavy (non-hydrogen) atoms. The Morgan fingerprint density at radius 3 is 2.35 bits per heavy atom. The van der Waals surface area contributed by atoms with Crippen molar-refractivity contribution in [1.82, 2.24) is 9.80 Å². The summed E-state index contributed by atoms with van der Waals surface area (Å²) in [7, 11) is 1.58. The van der Waals surface area contributed by atoms with Crippen molar-refractivity contribution in [2.75, 3.05) is 44.7 Å². The summed E-state index contributed by atoms with van der Waals surface area (Å²) < 4.78 is 5.23. The molecule has 4 rings (SSSR count). The number of carbonyl (C=O) groups excluding carboxylic acids is 3. The van der Waals surface area contributed by atoms with Gasteiger partial charge in [-0.1, -0.05) is 17.7 Å². The topological polar surface area (TPSA) is 70.2 Å². The summed E-state index contributed by atoms with van der Waals surface area (Å²) in [6.45, 7) is 2.21. The molecule has 0 N–H and O–H groups in total. The maximum absolute atomic E-state index is 13.0. The Labute approximate surface area is 186 Å². The minimum absolute atomic E-state index is 0.0302. The van der Waals surface area contributed by atoms with Crippen molar-refractivity contribution in [3.63, 3.8) is 0 Å². The standard InChI is InChI=1S/C23H24ClN3O4/c1-31-20-4-2-3-19(14-20)27-15-17(13-21(27)28)23(30)26-11-9-25(10-12-26)22(29)16-5-7-18(24)8-6-16/h2-8,14,17H,9-13,15H2,1H3/t17-/m0/s1. The van der Waals surface area contributed by atoms with Gasteiger partial charge in [-0.3, -0.25) is 14.4 Å². The fraction of sp³-hybridized carbons (Fsp3) is 0.348. The SMILES string of the molecule is COc1cccc(N2C[C@@H](C(=O)N3CCN(C(=O)c4ccc(Cl)cc4)CC3)CC2=O)c1. The summed E-state index contributed by atoms with van der Waals surface area (Å²) in [5.74, 6) is 0.128. The quantitative estimate of drug-likeness (QED) is 0.731. The second-order valence-corrected chi connectivity index (χ2v) is 8.17. The fourth-order valence-electron chi connectivity index (χ4n) is 4.06. The number of carbonyl (C=O) groups is 3. The summed E-state index contributed by atoms with van der Waals surface area (Å²) >= 11 is 5.89. The molecule has 0 radical (unpaired) electrons. The van der Waals surface area contributed by atoms with Crippen LogP contribution in [0.15, 0.2) is 48.5 Å². The van der Waals surface area contributed by atoms with E-state index in [2.05, 4.69) is 0 Å². The third-order valence-electron chi connectivity index (χ3n) is 5.81. The third-order valence-corrected chi connectivity index (χ3v) is 6.06. The van der Waals surface area contributed by atoms with Gasteiger partial charge < -0.3 is 19.4 Å². The van der Waals surface area contributed by atoms with Gasteiger partial charge in [-0.15, -0.1) is 0 Å². The molecule has 0 bridgehead atoms. The van der Waals surface area contributed by atoms with Crippen molar-refractivity contribution >= 4 is 35.0 Å². The predicted molar refractivity (Wildman–Crippen MR) is 117 cm³/mol. The second kappa shape index (κ2) is 8.98. The Morgan fingerprint density at radius 1 is 1.00 bits per heavy atom. The molecule has 0 unspecified atom stereocenters. The zero-order valence-electron chi connectivity index (χ0n) is 17.3. The lowest BCUT2D eigenvalue weighted by atomic mass is 10.1. The summed E-state index contributed by atoms with van der Waals surface area (Å²) in [6.07, 6.45) is 0.194. The van der Waals surface area contributed by atoms with Crippen LogP contribution in [-0.4, -0.2) is 67.4 Å². The highest BCUT2D eigenvalue weighted by molar-refractivity contribution is 6.30. The first kappa shape index (κ1) is 21.2. The van der Waals surface area contributed by atoms with Crippen LogP contribution in [0.4, 0.5) is 5.69 Å². The van der Waals surface area contributed by atoms with E-state index in [9.17, 15) is 14.4 Å². The minimum Gasteiger partial charge on any atom is -0.497 e. The van der Waals surface area contributed by atoms with Gasteiger partial charge in [0.25, 0.3) is 5.91 Å². The largest absolute Gasteiger partial charge is 0.497 e. The van der Waals surface area contributed by atoms with Crippen LogP contribution in [-0.2, 0) is 9.59 Å². The van der Waals surface area contributed by atoms with Crippen molar-refractivity contribution < 1.29 is 19.1 Å². The Hall–Kier alpha value is -3.06. The van der Waals surface area contributed by atoms with Crippen LogP contribution in [0.25, 0.3) is 0 Å². The van der Waals surface area contributed by atoms with Gasteiger partial charge in [0, 0.05) is 61.5 Å². The number of ether oxygens (including phenoxy) is 1. The van der Waals surface area contributed by atoms with E-state index in [1.807, 2.05) is 18.2 Å². The minimum atomic E-state index is -0.378. The summed E-state index contributed by atoms with van der Waals surface area (Å²) in [6, 6.07) is 14.1. The van der Waals surface area contributed by atoms with Crippen LogP contribution in [0.3, 0.4) is 0 Å². The molecule has 162 valence electrons. The smallest absolute Gasteiger partial charge is 0.253 e. The molecule has 8 heteroatoms. The molecule has 0 saturated carbocycles. The van der Waals surface area contributed by atoms with Crippen molar-refractivity contribution in [3.05, 3.63) is 59.1 Å². The van der Waals surface area contributed by atoms with E-state index in [1.54, 1.807) is 52.1 Å². The maximum atomic E-state index is 13.0. The molecule has 0 aliphatic carbocycles. The van der Waals surface area contributed by atoms with E-state index in [1.165, 1.54) is 0 Å². The highest BCUT2D eigenvalue weighted by Gasteiger charge is 2.38. The van der Waals surface area contributed by atoms with E-state index >= 15 is 0 Å². The Balaban J connectivity index is 1.35. The average molecular weight is 442 g/mol. The average Bonchev–Trinajstić information content (AvgIpc) is 3.20. The van der Waals surface area contributed by atoms with Crippen molar-refractivity contribution in [2.24, 2.45) is 5.92 Å². The van der Waals surface area contributed by atoms with Crippen LogP contribution in [0, 0.1) is 5.92 Å². The number of halogens is 1. The number of hydrogen-bond acceptors (Lipinski definition) is 4. The number of hydrogen-bond donors (Lipinski definition) is 0. The van der Waals surface area contributed by atoms with Gasteiger partial charge in [0.05, 0.1) is 13.0 Å². The molecule has 2 aliphatic rings. The normalized spacial score (nSPS) is 19.0. The van der Waals surface area contributed by atoms with E-state index in [0.717, 1.165) is 5.69 Å². The van der Waals surface area contributed by atoms with E-state index in [0.29, 0.717) is 49.1 Å². The molecule has 2 aromatic rings. The number of piperazine rings is 1. The zero-order valence-corrected chi connectivity index (χ0v) is 18.0. The second-order valence-electron chi connectivity index (χ2n) is 7.73. The molecule has 2 aliphatic heterocycles. The summed E-state index contributed by atoms with van der Waals surface area (Å²) in [4.78, 5) is 43.4. The van der Waals surface area contributed by atoms with Crippen LogP contribution >= 0.6 is 11.6 Å². The predicted octanol–water partition coefficient (Wildman–Crippen LogP) is 2.69. The lowest BCUT2D eigenvalue weighted by Gasteiger charge is -2.36. The molecule has 0 spiro atoms. The molecular weight excluding hydrogens is 418 g/mol. The number of nitrogens with zero attached hydrogens (tertiary/aromatic N) is 3. The fourth-order valence-corrected chi connectivity index (χ4v) is 4.19. The van der Waals surface area contributed by atoms with Crippen LogP contribution < -0.4 is 9.64 Å². The summed E-state index contributed by atoms with van der Waals surface area (Å²) in [5, 5.41) is 0.584. The Morgan fingerprint density at radius 2 is 1.68 bits per heavy atom. The molecular formula is C23H24ClN3O4. The number of amides is 3. The first-order valence-electron chi connectivity index (χ1n) is 10.2. The van der Waals surface area contributed by atoms with E-state index in [4.69, 9.17) is 16.3 Å². The third kappa shape index (κ3) is 4.51. The van der Waals surface area contributed by atoms with Gasteiger partial charge in [0.1, 0.15) is 5.75 Å². The summed E-state index contributed by atoms with van der Waals surface area (Å²) in [5.41, 5.74) is 1.32. The Bertz CT molecular complexity index is 987. The highest BCUT2D eigenvalue weighted by Crippen LogP contribution is 2.29. The lowest BCUT2D eigenvalue weighted by Crippen LogP contribution is -2.52. The Kier molecular flexibility index (Phi) is 6.13. The van der Waals surface area contributed by atoms with E-state index in [-0.39, 0.29) is 30.1 Å². The zero-order chi connectivity index (χ0) is 22.0. The molecule has 2 heterocycles. The van der Waals surface area contributed by atoms with Crippen molar-refractivity contribution in [3.8, 4) is 5.75 Å². The van der Waals surface area contributed by atoms with Gasteiger partial charge in [0.15, 0.2) is 0 Å². The van der Waals surface area contributed by atoms with Crippen molar-refractivity contribution in [1.29, 1.82) is 0 Å². The highest BCUT2D eigenvalue weighted by atomic mass is 35.5. The van der Waals surface area contributed by atoms with Crippen molar-refractivity contribution in [2.45, 2.75) is 6.42 Å². The van der Waals surface area contributed by atoms with Gasteiger partial charge in [-0.05, 0) is 36.4 Å². The molecule has 7 nitrogen and oxygen atoms in total. The molecule has 0 aromatic heterocycles. The molecule has 3 amide bonds. The van der Waals surface area contributed by atoms with Gasteiger partial charge in [-0.2, -0.15) is 0 Å². The van der Waals surface area contributed by atoms with Gasteiger partial charge >= 0.3 is 0 Å². The molecule has 2 fully saturated rings. The molecule has 1 atom stereocenters. The van der Waals surface area contributed by atoms with E-state index < -0.39 is 0 Å². The van der Waals surface area contributed by atoms with Crippen LogP contribution in [0.5, 0.6) is 5.75 Å². The number of anilines is 1.